The Hall–Kier alpha value is -2.95. The summed E-state index contributed by atoms with van der Waals surface area (Å²) in [5.74, 6) is 0.0974. The number of rotatable bonds is 4. The van der Waals surface area contributed by atoms with Crippen molar-refractivity contribution in [2.45, 2.75) is 88.0 Å². The molecule has 3 aliphatic rings. The van der Waals surface area contributed by atoms with Crippen LogP contribution in [0.2, 0.25) is 18.1 Å². The molecule has 4 aromatic heterocycles. The van der Waals surface area contributed by atoms with Crippen molar-refractivity contribution in [1.29, 1.82) is 0 Å². The van der Waals surface area contributed by atoms with Crippen LogP contribution in [0.3, 0.4) is 0 Å². The minimum absolute atomic E-state index is 0.0217. The van der Waals surface area contributed by atoms with Crippen molar-refractivity contribution in [2.24, 2.45) is 0 Å². The number of aliphatic hydroxyl groups is 1. The fourth-order valence-corrected chi connectivity index (χ4v) is 9.14. The van der Waals surface area contributed by atoms with Crippen LogP contribution in [0.5, 0.6) is 0 Å². The zero-order valence-corrected chi connectivity index (χ0v) is 30.8. The van der Waals surface area contributed by atoms with Crippen molar-refractivity contribution in [1.82, 2.24) is 34.1 Å². The van der Waals surface area contributed by atoms with E-state index in [2.05, 4.69) is 24.9 Å². The van der Waals surface area contributed by atoms with Crippen LogP contribution in [0.4, 0.5) is 5.82 Å². The van der Waals surface area contributed by atoms with E-state index in [-0.39, 0.29) is 33.1 Å². The molecule has 0 saturated carbocycles. The monoisotopic (exact) mass is 772 g/mol. The second-order valence-corrected chi connectivity index (χ2v) is 21.5. The van der Waals surface area contributed by atoms with Gasteiger partial charge in [-0.3, -0.25) is 27.5 Å². The smallest absolute Gasteiger partial charge is 0.407 e. The zero-order valence-electron chi connectivity index (χ0n) is 28.0. The molecule has 4 unspecified atom stereocenters. The number of aromatic nitrogens is 7. The number of nitrogens with one attached hydrogen (secondary N) is 1. The predicted molar refractivity (Wildman–Crippen MR) is 177 cm³/mol. The molecule has 3 saturated heterocycles. The molecule has 7 rings (SSSR count). The van der Waals surface area contributed by atoms with Gasteiger partial charge in [0.25, 0.3) is 5.56 Å². The molecule has 0 aromatic carbocycles. The van der Waals surface area contributed by atoms with E-state index in [1.807, 2.05) is 33.9 Å². The highest BCUT2D eigenvalue weighted by atomic mass is 31.2. The van der Waals surface area contributed by atoms with Gasteiger partial charge in [0.1, 0.15) is 48.5 Å². The van der Waals surface area contributed by atoms with Gasteiger partial charge in [0.05, 0.1) is 31.4 Å². The van der Waals surface area contributed by atoms with Gasteiger partial charge < -0.3 is 44.1 Å². The Morgan fingerprint density at radius 2 is 1.57 bits per heavy atom. The van der Waals surface area contributed by atoms with E-state index in [9.17, 15) is 28.8 Å². The van der Waals surface area contributed by atoms with Gasteiger partial charge in [-0.2, -0.15) is 0 Å². The molecule has 278 valence electrons. The summed E-state index contributed by atoms with van der Waals surface area (Å²) in [6, 6.07) is 1.50. The summed E-state index contributed by atoms with van der Waals surface area (Å²) in [6.07, 6.45) is -5.92. The number of aliphatic hydroxyl groups excluding tert-OH is 1. The largest absolute Gasteiger partial charge is 0.472 e. The van der Waals surface area contributed by atoms with Crippen LogP contribution in [-0.4, -0.2) is 107 Å². The molecular formula is C27H38N8O13P2Si. The van der Waals surface area contributed by atoms with Crippen LogP contribution in [0.1, 0.15) is 33.2 Å². The third-order valence-corrected chi connectivity index (χ3v) is 16.0. The average molecular weight is 773 g/mol. The minimum atomic E-state index is -5.08. The SMILES string of the molecule is CC(C)(C)[Si](C)(C)OC1[C@H](n2cnc3c(N)ncnc32)O[C@@H]2COP(=O)(O)O[C@@H]3[C@H](O)C(COP(=O)(O)O[C@@H]12)O[C@H]3n1cnc2c(=O)[nH]ccc21. The number of aromatic amines is 1. The van der Waals surface area contributed by atoms with Crippen molar-refractivity contribution in [3.05, 3.63) is 41.6 Å². The summed E-state index contributed by atoms with van der Waals surface area (Å²) < 4.78 is 71.2. The molecule has 51 heavy (non-hydrogen) atoms. The van der Waals surface area contributed by atoms with Crippen molar-refractivity contribution in [3.8, 4) is 0 Å². The van der Waals surface area contributed by atoms with E-state index in [4.69, 9.17) is 37.7 Å². The number of pyridine rings is 1. The number of nitrogens with zero attached hydrogens (tertiary/aromatic N) is 6. The number of hydrogen-bond donors (Lipinski definition) is 5. The molecule has 24 heteroatoms. The van der Waals surface area contributed by atoms with Gasteiger partial charge in [0, 0.05) is 6.20 Å². The van der Waals surface area contributed by atoms with E-state index in [1.54, 1.807) is 0 Å². The quantitative estimate of drug-likeness (QED) is 0.146. The number of nitrogen functional groups attached to an aromatic ring is 1. The Kier molecular flexibility index (Phi) is 9.19. The lowest BCUT2D eigenvalue weighted by atomic mass is 10.1. The number of H-pyrrole nitrogens is 1. The van der Waals surface area contributed by atoms with E-state index in [0.717, 1.165) is 0 Å². The highest BCUT2D eigenvalue weighted by molar-refractivity contribution is 7.47. The van der Waals surface area contributed by atoms with Crippen molar-refractivity contribution in [3.63, 3.8) is 0 Å². The molecule has 2 bridgehead atoms. The lowest BCUT2D eigenvalue weighted by Gasteiger charge is -2.40. The highest BCUT2D eigenvalue weighted by Crippen LogP contribution is 2.55. The molecule has 3 aliphatic heterocycles. The van der Waals surface area contributed by atoms with Crippen molar-refractivity contribution >= 4 is 52.0 Å². The molecule has 7 heterocycles. The Morgan fingerprint density at radius 3 is 2.27 bits per heavy atom. The topological polar surface area (TPSA) is 280 Å². The maximum atomic E-state index is 13.7. The first-order chi connectivity index (χ1) is 23.9. The van der Waals surface area contributed by atoms with Crippen molar-refractivity contribution < 1.29 is 56.0 Å². The number of anilines is 1. The molecule has 0 aliphatic carbocycles. The maximum Gasteiger partial charge on any atom is 0.472 e. The standard InChI is InChI=1S/C27H38N8O13P2Si/c1-27(2,3)51(4,5)48-21-19-15(45-26(21)35-12-33-17-22(28)30-10-31-23(17)35)9-43-50(40,41)47-20-18(36)14(8-42-49(38,39)46-19)44-25(20)34-11-32-16-13(34)6-7-29-24(16)37/h6-7,10-12,14-15,18-21,25-26,36H,8-9H2,1-5H3,(H,29,37)(H,38,39)(H,40,41)(H2,28,30,31)/t14?,15-,18-,19-,20-,21?,25-,26-/m1/s1. The number of ether oxygens (including phenoxy) is 2. The molecule has 0 spiro atoms. The zero-order chi connectivity index (χ0) is 36.7. The lowest BCUT2D eigenvalue weighted by molar-refractivity contribution is -0.0670. The normalized spacial score (nSPS) is 35.4. The van der Waals surface area contributed by atoms with Gasteiger partial charge >= 0.3 is 15.6 Å². The molecule has 10 atom stereocenters. The number of imidazole rings is 2. The fourth-order valence-electron chi connectivity index (χ4n) is 5.97. The first-order valence-electron chi connectivity index (χ1n) is 15.8. The van der Waals surface area contributed by atoms with Gasteiger partial charge in [-0.15, -0.1) is 0 Å². The second kappa shape index (κ2) is 12.9. The van der Waals surface area contributed by atoms with Gasteiger partial charge in [-0.25, -0.2) is 29.1 Å². The molecule has 21 nitrogen and oxygen atoms in total. The van der Waals surface area contributed by atoms with Crippen molar-refractivity contribution in [2.75, 3.05) is 18.9 Å². The number of phosphoric acid groups is 2. The summed E-state index contributed by atoms with van der Waals surface area (Å²) in [7, 11) is -12.8. The number of hydrogen-bond acceptors (Lipinski definition) is 16. The third-order valence-electron chi connectivity index (χ3n) is 9.59. The average Bonchev–Trinajstić information content (AvgIpc) is 3.80. The van der Waals surface area contributed by atoms with E-state index in [1.165, 1.54) is 40.4 Å². The fraction of sp³-hybridized carbons (Fsp3) is 0.593. The Bertz CT molecular complexity index is 2110. The van der Waals surface area contributed by atoms with Crippen LogP contribution in [0.25, 0.3) is 22.2 Å². The summed E-state index contributed by atoms with van der Waals surface area (Å²) >= 11 is 0. The van der Waals surface area contributed by atoms with Crippen LogP contribution < -0.4 is 11.3 Å². The number of fused-ring (bicyclic) bond motifs is 5. The van der Waals surface area contributed by atoms with Gasteiger partial charge in [-0.05, 0) is 24.2 Å². The summed E-state index contributed by atoms with van der Waals surface area (Å²) in [5, 5.41) is 10.9. The summed E-state index contributed by atoms with van der Waals surface area (Å²) in [4.78, 5) is 53.6. The second-order valence-electron chi connectivity index (χ2n) is 13.9. The van der Waals surface area contributed by atoms with E-state index >= 15 is 0 Å². The Morgan fingerprint density at radius 1 is 0.941 bits per heavy atom. The lowest BCUT2D eigenvalue weighted by Crippen LogP contribution is -2.49. The Labute approximate surface area is 290 Å². The molecule has 6 N–H and O–H groups in total. The molecule has 0 amide bonds. The molecular weight excluding hydrogens is 734 g/mol. The van der Waals surface area contributed by atoms with Gasteiger partial charge in [0.15, 0.2) is 37.8 Å². The first kappa shape index (κ1) is 36.4. The molecule has 0 radical (unpaired) electrons. The summed E-state index contributed by atoms with van der Waals surface area (Å²) in [5.41, 5.74) is 6.30. The van der Waals surface area contributed by atoms with Gasteiger partial charge in [-0.1, -0.05) is 20.8 Å². The molecule has 3 fully saturated rings. The third kappa shape index (κ3) is 6.74. The predicted octanol–water partition coefficient (Wildman–Crippen LogP) is 1.71. The number of nitrogens with two attached hydrogens (primary N) is 1. The minimum Gasteiger partial charge on any atom is -0.407 e. The van der Waals surface area contributed by atoms with Gasteiger partial charge in [0.2, 0.25) is 0 Å². The van der Waals surface area contributed by atoms with E-state index < -0.39 is 91.8 Å². The molecule has 4 aromatic rings. The Balaban J connectivity index is 1.26. The maximum absolute atomic E-state index is 13.7. The van der Waals surface area contributed by atoms with Crippen LogP contribution in [0.15, 0.2) is 36.0 Å². The summed E-state index contributed by atoms with van der Waals surface area (Å²) in [6.45, 7) is 8.44. The van der Waals surface area contributed by atoms with Crippen LogP contribution >= 0.6 is 15.6 Å². The first-order valence-corrected chi connectivity index (χ1v) is 21.7. The van der Waals surface area contributed by atoms with Crippen LogP contribution in [-0.2, 0) is 41.1 Å². The highest BCUT2D eigenvalue weighted by Gasteiger charge is 2.56. The van der Waals surface area contributed by atoms with E-state index in [0.29, 0.717) is 0 Å². The van der Waals surface area contributed by atoms with Crippen LogP contribution in [0, 0.1) is 0 Å². The number of phosphoric ester groups is 2.